The predicted molar refractivity (Wildman–Crippen MR) is 20.8 cm³/mol. The molecule has 31 valence electrons. The van der Waals surface area contributed by atoms with Gasteiger partial charge in [0.1, 0.15) is 0 Å². The van der Waals surface area contributed by atoms with Crippen LogP contribution in [0.15, 0.2) is 10.3 Å². The fraction of sp³-hybridized carbons (Fsp3) is 0.500. The average molecular weight is 84.1 g/mol. The van der Waals surface area contributed by atoms with Crippen LogP contribution in [-0.2, 0) is 0 Å². The highest BCUT2D eigenvalue weighted by atomic mass is 15.6. The van der Waals surface area contributed by atoms with Gasteiger partial charge in [-0.15, -0.1) is 5.43 Å². The highest BCUT2D eigenvalue weighted by molar-refractivity contribution is 5.79. The van der Waals surface area contributed by atoms with E-state index in [0.29, 0.717) is 0 Å². The molecule has 0 aromatic heterocycles. The predicted octanol–water partition coefficient (Wildman–Crippen LogP) is -0.374. The van der Waals surface area contributed by atoms with E-state index < -0.39 is 0 Å². The summed E-state index contributed by atoms with van der Waals surface area (Å²) in [6.07, 6.45) is 0. The molecule has 0 spiro atoms. The first-order valence-electron chi connectivity index (χ1n) is 1.60. The molecule has 1 heterocycles. The lowest BCUT2D eigenvalue weighted by Crippen LogP contribution is -2.15. The van der Waals surface area contributed by atoms with Crippen LogP contribution in [0.4, 0.5) is 0 Å². The molecule has 1 radical (unpaired) electrons. The van der Waals surface area contributed by atoms with Gasteiger partial charge in [0, 0.05) is 6.92 Å². The van der Waals surface area contributed by atoms with E-state index in [9.17, 15) is 0 Å². The second-order valence-electron chi connectivity index (χ2n) is 0.987. The third-order valence-electron chi connectivity index (χ3n) is 0.451. The molecule has 0 saturated heterocycles. The van der Waals surface area contributed by atoms with E-state index in [1.807, 2.05) is 0 Å². The normalized spacial score (nSPS) is 17.2. The molecule has 0 aromatic rings. The first-order valence-corrected chi connectivity index (χ1v) is 1.60. The molecule has 0 fully saturated rings. The molecule has 0 aromatic carbocycles. The van der Waals surface area contributed by atoms with E-state index in [1.165, 1.54) is 0 Å². The van der Waals surface area contributed by atoms with Gasteiger partial charge >= 0.3 is 0 Å². The fourth-order valence-corrected chi connectivity index (χ4v) is 0.207. The van der Waals surface area contributed by atoms with Gasteiger partial charge in [-0.3, -0.25) is 0 Å². The fourth-order valence-electron chi connectivity index (χ4n) is 0.207. The van der Waals surface area contributed by atoms with Crippen LogP contribution in [0, 0.1) is 0 Å². The lowest BCUT2D eigenvalue weighted by molar-refractivity contribution is 0.817. The van der Waals surface area contributed by atoms with Gasteiger partial charge in [0.2, 0.25) is 5.22 Å². The molecule has 0 aliphatic carbocycles. The number of nitrogens with zero attached hydrogens (tertiary/aromatic N) is 3. The van der Waals surface area contributed by atoms with Crippen LogP contribution in [-0.4, -0.2) is 5.84 Å². The average Bonchev–Trinajstić information content (AvgIpc) is 1.86. The second-order valence-corrected chi connectivity index (χ2v) is 0.987. The van der Waals surface area contributed by atoms with Gasteiger partial charge < -0.3 is 0 Å². The number of hydrogen-bond acceptors (Lipinski definition) is 4. The standard InChI is InChI=1S/C2H4N4/c1-2-3-5-6-4-2/h1H3,(H,3,4,5)/q+1. The summed E-state index contributed by atoms with van der Waals surface area (Å²) in [7, 11) is 0. The molecule has 0 bridgehead atoms. The van der Waals surface area contributed by atoms with Crippen molar-refractivity contribution in [3.05, 3.63) is 0 Å². The zero-order valence-corrected chi connectivity index (χ0v) is 3.34. The number of rotatable bonds is 0. The van der Waals surface area contributed by atoms with Gasteiger partial charge in [0.05, 0.1) is 5.10 Å². The minimum atomic E-state index is 0.745. The maximum atomic E-state index is 3.50. The summed E-state index contributed by atoms with van der Waals surface area (Å²) in [5.74, 6) is 0.745. The van der Waals surface area contributed by atoms with Crippen LogP contribution in [0.1, 0.15) is 6.92 Å². The van der Waals surface area contributed by atoms with E-state index in [4.69, 9.17) is 0 Å². The van der Waals surface area contributed by atoms with Crippen LogP contribution in [0.3, 0.4) is 0 Å². The van der Waals surface area contributed by atoms with Crippen molar-refractivity contribution in [1.29, 1.82) is 0 Å². The quantitative estimate of drug-likeness (QED) is 0.427. The molecule has 1 aliphatic rings. The summed E-state index contributed by atoms with van der Waals surface area (Å²) in [5, 5.41) is 10.1. The van der Waals surface area contributed by atoms with Crippen molar-refractivity contribution >= 4 is 5.84 Å². The molecule has 4 nitrogen and oxygen atoms in total. The summed E-state index contributed by atoms with van der Waals surface area (Å²) < 4.78 is 0. The molecule has 4 heteroatoms. The Balaban J connectivity index is 2.61. The van der Waals surface area contributed by atoms with Gasteiger partial charge in [0.15, 0.2) is 5.22 Å². The Kier molecular flexibility index (Phi) is 0.567. The van der Waals surface area contributed by atoms with Crippen LogP contribution < -0.4 is 10.6 Å². The van der Waals surface area contributed by atoms with Crippen molar-refractivity contribution in [3.63, 3.8) is 0 Å². The van der Waals surface area contributed by atoms with Crippen molar-refractivity contribution in [2.24, 2.45) is 10.3 Å². The SMILES string of the molecule is CC1=NN=[N+]N1. The van der Waals surface area contributed by atoms with E-state index in [2.05, 4.69) is 21.0 Å². The molecular formula is C2H4N4+. The molecule has 0 saturated carbocycles. The lowest BCUT2D eigenvalue weighted by atomic mass is 10.7. The summed E-state index contributed by atoms with van der Waals surface area (Å²) in [4.78, 5) is 0. The smallest absolute Gasteiger partial charge is 0.122 e. The third kappa shape index (κ3) is 0.357. The maximum Gasteiger partial charge on any atom is 0.282 e. The largest absolute Gasteiger partial charge is 0.282 e. The van der Waals surface area contributed by atoms with Gasteiger partial charge in [-0.2, -0.15) is 0 Å². The first kappa shape index (κ1) is 3.27. The number of amidine groups is 1. The first-order chi connectivity index (χ1) is 2.89. The molecule has 1 aliphatic heterocycles. The van der Waals surface area contributed by atoms with Crippen molar-refractivity contribution in [1.82, 2.24) is 10.6 Å². The van der Waals surface area contributed by atoms with E-state index in [-0.39, 0.29) is 0 Å². The molecule has 6 heavy (non-hydrogen) atoms. The minimum absolute atomic E-state index is 0.745. The molecule has 0 unspecified atom stereocenters. The monoisotopic (exact) mass is 84.0 g/mol. The minimum Gasteiger partial charge on any atom is -0.122 e. The van der Waals surface area contributed by atoms with Gasteiger partial charge in [0.25, 0.3) is 5.84 Å². The van der Waals surface area contributed by atoms with E-state index in [0.717, 1.165) is 5.84 Å². The number of nitrogens with one attached hydrogen (secondary N) is 1. The summed E-state index contributed by atoms with van der Waals surface area (Å²) in [5.41, 5.74) is 2.53. The highest BCUT2D eigenvalue weighted by Crippen LogP contribution is 1.75. The Morgan fingerprint density at radius 2 is 2.67 bits per heavy atom. The van der Waals surface area contributed by atoms with Crippen molar-refractivity contribution in [2.75, 3.05) is 0 Å². The lowest BCUT2D eigenvalue weighted by Gasteiger charge is -1.64. The van der Waals surface area contributed by atoms with Crippen molar-refractivity contribution < 1.29 is 0 Å². The van der Waals surface area contributed by atoms with Crippen LogP contribution in [0.5, 0.6) is 0 Å². The zero-order valence-electron chi connectivity index (χ0n) is 3.34. The van der Waals surface area contributed by atoms with E-state index >= 15 is 0 Å². The summed E-state index contributed by atoms with van der Waals surface area (Å²) >= 11 is 0. The molecule has 0 amide bonds. The van der Waals surface area contributed by atoms with Crippen LogP contribution in [0.2, 0.25) is 0 Å². The second kappa shape index (κ2) is 1.04. The number of hydrogen-bond donors (Lipinski definition) is 1. The van der Waals surface area contributed by atoms with Gasteiger partial charge in [-0.25, -0.2) is 0 Å². The maximum absolute atomic E-state index is 3.50. The highest BCUT2D eigenvalue weighted by Gasteiger charge is 2.04. The van der Waals surface area contributed by atoms with Crippen LogP contribution in [0.25, 0.3) is 0 Å². The Hall–Kier alpha value is -0.930. The molecule has 0 atom stereocenters. The van der Waals surface area contributed by atoms with Crippen molar-refractivity contribution in [3.8, 4) is 0 Å². The Morgan fingerprint density at radius 3 is 2.83 bits per heavy atom. The van der Waals surface area contributed by atoms with Gasteiger partial charge in [-0.1, -0.05) is 0 Å². The topological polar surface area (TPSA) is 50.9 Å². The summed E-state index contributed by atoms with van der Waals surface area (Å²) in [6, 6.07) is 0. The van der Waals surface area contributed by atoms with E-state index in [1.54, 1.807) is 6.92 Å². The van der Waals surface area contributed by atoms with Gasteiger partial charge in [-0.05, 0) is 0 Å². The molecule has 1 rings (SSSR count). The third-order valence-corrected chi connectivity index (χ3v) is 0.451. The Morgan fingerprint density at radius 1 is 1.83 bits per heavy atom. The van der Waals surface area contributed by atoms with Crippen molar-refractivity contribution in [2.45, 2.75) is 6.92 Å². The Labute approximate surface area is 34.9 Å². The zero-order chi connectivity index (χ0) is 4.41. The molecule has 1 N–H and O–H groups in total. The molecular weight excluding hydrogens is 80.0 g/mol. The Bertz CT molecular complexity index is 102. The summed E-state index contributed by atoms with van der Waals surface area (Å²) in [6.45, 7) is 1.79. The van der Waals surface area contributed by atoms with Crippen LogP contribution >= 0.6 is 0 Å².